The molecule has 1 nitrogen and oxygen atoms in total. The van der Waals surface area contributed by atoms with Gasteiger partial charge in [0.05, 0.1) is 11.6 Å². The van der Waals surface area contributed by atoms with E-state index in [0.29, 0.717) is 6.61 Å². The van der Waals surface area contributed by atoms with E-state index in [1.54, 1.807) is 12.1 Å². The number of hydrogen-bond acceptors (Lipinski definition) is 2. The first-order valence-corrected chi connectivity index (χ1v) is 5.36. The Kier molecular flexibility index (Phi) is 4.56. The summed E-state index contributed by atoms with van der Waals surface area (Å²) in [5.74, 6) is -0.379. The first-order chi connectivity index (χ1) is 6.24. The van der Waals surface area contributed by atoms with E-state index in [2.05, 4.69) is 0 Å². The van der Waals surface area contributed by atoms with Gasteiger partial charge in [-0.3, -0.25) is 0 Å². The Hall–Kier alpha value is -0.250. The van der Waals surface area contributed by atoms with Crippen LogP contribution in [0.4, 0.5) is 4.39 Å². The molecule has 0 aliphatic heterocycles. The van der Waals surface area contributed by atoms with Crippen LogP contribution < -0.4 is 0 Å². The Balaban J connectivity index is 2.53. The third-order valence-corrected chi connectivity index (χ3v) is 2.27. The summed E-state index contributed by atoms with van der Waals surface area (Å²) in [5, 5.41) is 0.168. The van der Waals surface area contributed by atoms with Crippen LogP contribution in [0.2, 0.25) is 5.02 Å². The molecule has 0 amide bonds. The Morgan fingerprint density at radius 1 is 1.54 bits per heavy atom. The van der Waals surface area contributed by atoms with E-state index in [0.717, 1.165) is 12.0 Å². The van der Waals surface area contributed by atoms with Gasteiger partial charge in [-0.1, -0.05) is 17.7 Å². The van der Waals surface area contributed by atoms with Crippen LogP contribution in [0.3, 0.4) is 0 Å². The van der Waals surface area contributed by atoms with Crippen molar-refractivity contribution in [2.75, 3.05) is 12.9 Å². The van der Waals surface area contributed by atoms with E-state index in [-0.39, 0.29) is 10.8 Å². The molecule has 0 aromatic heterocycles. The second-order valence-corrected chi connectivity index (χ2v) is 3.46. The monoisotopic (exact) mass is 220 g/mol. The standard InChI is InChI=1S/C9H10ClFOS/c1-13-12-5-4-7-2-3-9(11)8(10)6-7/h2-3,6H,4-5H2,1H3. The fourth-order valence-electron chi connectivity index (χ4n) is 0.938. The molecule has 0 aliphatic carbocycles. The molecule has 0 atom stereocenters. The highest BCUT2D eigenvalue weighted by atomic mass is 35.5. The van der Waals surface area contributed by atoms with Crippen molar-refractivity contribution in [2.45, 2.75) is 6.42 Å². The predicted octanol–water partition coefficient (Wildman–Crippen LogP) is 3.32. The highest BCUT2D eigenvalue weighted by molar-refractivity contribution is 7.93. The molecule has 0 heterocycles. The third kappa shape index (κ3) is 3.55. The van der Waals surface area contributed by atoms with E-state index < -0.39 is 0 Å². The molecule has 0 bridgehead atoms. The van der Waals surface area contributed by atoms with E-state index in [1.807, 2.05) is 6.26 Å². The molecule has 1 aromatic carbocycles. The maximum atomic E-state index is 12.7. The Bertz CT molecular complexity index is 280. The van der Waals surface area contributed by atoms with E-state index in [1.165, 1.54) is 18.1 Å². The van der Waals surface area contributed by atoms with Crippen molar-refractivity contribution in [1.82, 2.24) is 0 Å². The predicted molar refractivity (Wildman–Crippen MR) is 54.6 cm³/mol. The van der Waals surface area contributed by atoms with Gasteiger partial charge >= 0.3 is 0 Å². The van der Waals surface area contributed by atoms with Crippen molar-refractivity contribution in [3.63, 3.8) is 0 Å². The van der Waals surface area contributed by atoms with Gasteiger partial charge in [-0.05, 0) is 36.2 Å². The smallest absolute Gasteiger partial charge is 0.141 e. The van der Waals surface area contributed by atoms with Gasteiger partial charge in [-0.25, -0.2) is 4.39 Å². The summed E-state index contributed by atoms with van der Waals surface area (Å²) in [4.78, 5) is 0. The molecule has 0 unspecified atom stereocenters. The lowest BCUT2D eigenvalue weighted by molar-refractivity contribution is 0.381. The molecule has 0 radical (unpaired) electrons. The van der Waals surface area contributed by atoms with Crippen molar-refractivity contribution in [3.8, 4) is 0 Å². The molecule has 1 rings (SSSR count). The van der Waals surface area contributed by atoms with Gasteiger partial charge < -0.3 is 4.18 Å². The average Bonchev–Trinajstić information content (AvgIpc) is 2.12. The number of rotatable bonds is 4. The minimum Gasteiger partial charge on any atom is -0.315 e. The molecule has 0 fully saturated rings. The molecule has 13 heavy (non-hydrogen) atoms. The van der Waals surface area contributed by atoms with Crippen LogP contribution in [0.5, 0.6) is 0 Å². The summed E-state index contributed by atoms with van der Waals surface area (Å²) in [6.07, 6.45) is 2.61. The van der Waals surface area contributed by atoms with Gasteiger partial charge in [-0.2, -0.15) is 0 Å². The maximum Gasteiger partial charge on any atom is 0.141 e. The van der Waals surface area contributed by atoms with E-state index in [9.17, 15) is 4.39 Å². The van der Waals surface area contributed by atoms with Crippen LogP contribution in [0, 0.1) is 5.82 Å². The molecule has 72 valence electrons. The number of benzene rings is 1. The molecule has 0 N–H and O–H groups in total. The van der Waals surface area contributed by atoms with Crippen molar-refractivity contribution < 1.29 is 8.57 Å². The highest BCUT2D eigenvalue weighted by Crippen LogP contribution is 2.16. The summed E-state index contributed by atoms with van der Waals surface area (Å²) < 4.78 is 17.8. The van der Waals surface area contributed by atoms with Crippen molar-refractivity contribution in [1.29, 1.82) is 0 Å². The molecule has 4 heteroatoms. The van der Waals surface area contributed by atoms with Crippen LogP contribution in [-0.2, 0) is 10.6 Å². The van der Waals surface area contributed by atoms with Gasteiger partial charge in [0.15, 0.2) is 0 Å². The molecule has 0 saturated carbocycles. The largest absolute Gasteiger partial charge is 0.315 e. The average molecular weight is 221 g/mol. The lowest BCUT2D eigenvalue weighted by atomic mass is 10.2. The lowest BCUT2D eigenvalue weighted by Gasteiger charge is -2.01. The molecule has 0 aliphatic rings. The van der Waals surface area contributed by atoms with Crippen molar-refractivity contribution in [2.24, 2.45) is 0 Å². The van der Waals surface area contributed by atoms with Gasteiger partial charge in [0.1, 0.15) is 5.82 Å². The van der Waals surface area contributed by atoms with Crippen LogP contribution in [0.15, 0.2) is 18.2 Å². The van der Waals surface area contributed by atoms with E-state index >= 15 is 0 Å². The SMILES string of the molecule is CSOCCc1ccc(F)c(Cl)c1. The Morgan fingerprint density at radius 2 is 2.31 bits per heavy atom. The zero-order valence-electron chi connectivity index (χ0n) is 7.22. The fourth-order valence-corrected chi connectivity index (χ4v) is 1.39. The summed E-state index contributed by atoms with van der Waals surface area (Å²) in [6, 6.07) is 4.71. The quantitative estimate of drug-likeness (QED) is 0.569. The number of hydrogen-bond donors (Lipinski definition) is 0. The first-order valence-electron chi connectivity index (χ1n) is 3.83. The molecular formula is C9H10ClFOS. The summed E-state index contributed by atoms with van der Waals surface area (Å²) in [6.45, 7) is 0.614. The zero-order chi connectivity index (χ0) is 9.68. The van der Waals surface area contributed by atoms with Crippen LogP contribution >= 0.6 is 23.6 Å². The summed E-state index contributed by atoms with van der Waals surface area (Å²) >= 11 is 6.93. The van der Waals surface area contributed by atoms with Gasteiger partial charge in [0, 0.05) is 6.26 Å². The van der Waals surface area contributed by atoms with Crippen LogP contribution in [-0.4, -0.2) is 12.9 Å². The normalized spacial score (nSPS) is 10.4. The minimum atomic E-state index is -0.379. The first kappa shape index (κ1) is 10.8. The van der Waals surface area contributed by atoms with E-state index in [4.69, 9.17) is 15.8 Å². The fraction of sp³-hybridized carbons (Fsp3) is 0.333. The third-order valence-electron chi connectivity index (χ3n) is 1.58. The molecule has 1 aromatic rings. The highest BCUT2D eigenvalue weighted by Gasteiger charge is 2.00. The maximum absolute atomic E-state index is 12.7. The van der Waals surface area contributed by atoms with Gasteiger partial charge in [-0.15, -0.1) is 0 Å². The second-order valence-electron chi connectivity index (χ2n) is 2.49. The molecular weight excluding hydrogens is 211 g/mol. The minimum absolute atomic E-state index is 0.168. The van der Waals surface area contributed by atoms with Crippen molar-refractivity contribution >= 4 is 23.6 Å². The second kappa shape index (κ2) is 5.47. The Morgan fingerprint density at radius 3 is 2.92 bits per heavy atom. The lowest BCUT2D eigenvalue weighted by Crippen LogP contribution is -1.93. The molecule has 0 spiro atoms. The van der Waals surface area contributed by atoms with Gasteiger partial charge in [0.25, 0.3) is 0 Å². The topological polar surface area (TPSA) is 9.23 Å². The zero-order valence-corrected chi connectivity index (χ0v) is 8.79. The van der Waals surface area contributed by atoms with Gasteiger partial charge in [0.2, 0.25) is 0 Å². The number of halogens is 2. The summed E-state index contributed by atoms with van der Waals surface area (Å²) in [7, 11) is 0. The molecule has 0 saturated heterocycles. The van der Waals surface area contributed by atoms with Crippen LogP contribution in [0.25, 0.3) is 0 Å². The Labute approximate surface area is 86.4 Å². The van der Waals surface area contributed by atoms with Crippen LogP contribution in [0.1, 0.15) is 5.56 Å². The van der Waals surface area contributed by atoms with Crippen molar-refractivity contribution in [3.05, 3.63) is 34.6 Å². The summed E-state index contributed by atoms with van der Waals surface area (Å²) in [5.41, 5.74) is 0.987.